The van der Waals surface area contributed by atoms with Crippen LogP contribution in [0, 0.1) is 10.1 Å². The van der Waals surface area contributed by atoms with Crippen LogP contribution in [-0.2, 0) is 6.54 Å². The minimum atomic E-state index is -0.403. The van der Waals surface area contributed by atoms with Crippen LogP contribution in [0.3, 0.4) is 0 Å². The lowest BCUT2D eigenvalue weighted by Crippen LogP contribution is -2.02. The summed E-state index contributed by atoms with van der Waals surface area (Å²) < 4.78 is 0. The van der Waals surface area contributed by atoms with Gasteiger partial charge >= 0.3 is 0 Å². The van der Waals surface area contributed by atoms with Gasteiger partial charge in [0.1, 0.15) is 17.2 Å². The molecule has 0 amide bonds. The van der Waals surface area contributed by atoms with Crippen molar-refractivity contribution < 1.29 is 4.92 Å². The molecular formula is C12H12N4O2S. The van der Waals surface area contributed by atoms with Gasteiger partial charge in [-0.15, -0.1) is 11.8 Å². The van der Waals surface area contributed by atoms with Gasteiger partial charge in [0, 0.05) is 24.7 Å². The van der Waals surface area contributed by atoms with Crippen LogP contribution in [0.1, 0.15) is 5.56 Å². The molecule has 2 rings (SSSR count). The van der Waals surface area contributed by atoms with Crippen LogP contribution in [0.4, 0.5) is 11.5 Å². The molecule has 0 saturated carbocycles. The molecule has 0 aliphatic heterocycles. The lowest BCUT2D eigenvalue weighted by atomic mass is 10.2. The SMILES string of the molecule is CSc1cc(NCc2cccc([N+](=O)[O-])c2)ncn1. The summed E-state index contributed by atoms with van der Waals surface area (Å²) in [4.78, 5) is 18.4. The average molecular weight is 276 g/mol. The van der Waals surface area contributed by atoms with Crippen molar-refractivity contribution in [2.24, 2.45) is 0 Å². The minimum Gasteiger partial charge on any atom is -0.366 e. The first-order valence-corrected chi connectivity index (χ1v) is 6.75. The van der Waals surface area contributed by atoms with Crippen molar-refractivity contribution in [1.82, 2.24) is 9.97 Å². The van der Waals surface area contributed by atoms with Crippen LogP contribution >= 0.6 is 11.8 Å². The van der Waals surface area contributed by atoms with Crippen LogP contribution in [0.15, 0.2) is 41.7 Å². The topological polar surface area (TPSA) is 81.0 Å². The van der Waals surface area contributed by atoms with E-state index >= 15 is 0 Å². The summed E-state index contributed by atoms with van der Waals surface area (Å²) in [5.41, 5.74) is 0.922. The highest BCUT2D eigenvalue weighted by Crippen LogP contribution is 2.16. The van der Waals surface area contributed by atoms with E-state index in [0.29, 0.717) is 12.4 Å². The number of benzene rings is 1. The van der Waals surface area contributed by atoms with Crippen LogP contribution in [0.25, 0.3) is 0 Å². The molecule has 0 fully saturated rings. The fourth-order valence-electron chi connectivity index (χ4n) is 1.52. The Morgan fingerprint density at radius 2 is 2.21 bits per heavy atom. The van der Waals surface area contributed by atoms with Crippen LogP contribution < -0.4 is 5.32 Å². The molecule has 1 aromatic heterocycles. The molecule has 19 heavy (non-hydrogen) atoms. The number of rotatable bonds is 5. The zero-order valence-corrected chi connectivity index (χ0v) is 11.1. The normalized spacial score (nSPS) is 10.2. The van der Waals surface area contributed by atoms with Crippen molar-refractivity contribution in [3.05, 3.63) is 52.3 Å². The molecule has 98 valence electrons. The number of thioether (sulfide) groups is 1. The second-order valence-corrected chi connectivity index (χ2v) is 4.55. The summed E-state index contributed by atoms with van der Waals surface area (Å²) in [5, 5.41) is 14.7. The van der Waals surface area contributed by atoms with Crippen LogP contribution in [-0.4, -0.2) is 21.1 Å². The third kappa shape index (κ3) is 3.65. The second kappa shape index (κ2) is 6.14. The Hall–Kier alpha value is -2.15. The molecule has 0 saturated heterocycles. The van der Waals surface area contributed by atoms with E-state index < -0.39 is 4.92 Å². The summed E-state index contributed by atoms with van der Waals surface area (Å²) in [5.74, 6) is 0.700. The first kappa shape index (κ1) is 13.3. The predicted octanol–water partition coefficient (Wildman–Crippen LogP) is 2.72. The van der Waals surface area contributed by atoms with Gasteiger partial charge in [-0.1, -0.05) is 12.1 Å². The summed E-state index contributed by atoms with van der Waals surface area (Å²) in [7, 11) is 0. The highest BCUT2D eigenvalue weighted by molar-refractivity contribution is 7.98. The van der Waals surface area contributed by atoms with Gasteiger partial charge in [0.25, 0.3) is 5.69 Å². The molecule has 0 atom stereocenters. The molecule has 0 bridgehead atoms. The molecule has 0 spiro atoms. The van der Waals surface area contributed by atoms with E-state index in [-0.39, 0.29) is 5.69 Å². The lowest BCUT2D eigenvalue weighted by molar-refractivity contribution is -0.384. The molecule has 2 aromatic rings. The summed E-state index contributed by atoms with van der Waals surface area (Å²) >= 11 is 1.53. The maximum Gasteiger partial charge on any atom is 0.269 e. The van der Waals surface area contributed by atoms with E-state index in [9.17, 15) is 10.1 Å². The molecular weight excluding hydrogens is 264 g/mol. The van der Waals surface area contributed by atoms with Crippen LogP contribution in [0.5, 0.6) is 0 Å². The van der Waals surface area contributed by atoms with Gasteiger partial charge in [0.05, 0.1) is 4.92 Å². The molecule has 1 aromatic carbocycles. The Kier molecular flexibility index (Phi) is 4.30. The van der Waals surface area contributed by atoms with Crippen molar-refractivity contribution in [2.45, 2.75) is 11.6 Å². The first-order valence-electron chi connectivity index (χ1n) is 5.52. The van der Waals surface area contributed by atoms with E-state index in [0.717, 1.165) is 10.6 Å². The number of non-ortho nitro benzene ring substituents is 1. The summed E-state index contributed by atoms with van der Waals surface area (Å²) in [6.07, 6.45) is 3.42. The molecule has 7 heteroatoms. The highest BCUT2D eigenvalue weighted by atomic mass is 32.2. The molecule has 1 heterocycles. The number of anilines is 1. The van der Waals surface area contributed by atoms with E-state index in [2.05, 4.69) is 15.3 Å². The number of nitrogens with zero attached hydrogens (tertiary/aromatic N) is 3. The van der Waals surface area contributed by atoms with Gasteiger partial charge in [-0.25, -0.2) is 9.97 Å². The summed E-state index contributed by atoms with van der Waals surface area (Å²) in [6.45, 7) is 0.479. The van der Waals surface area contributed by atoms with Crippen molar-refractivity contribution in [3.8, 4) is 0 Å². The molecule has 6 nitrogen and oxygen atoms in total. The first-order chi connectivity index (χ1) is 9.19. The van der Waals surface area contributed by atoms with E-state index in [1.165, 1.54) is 24.2 Å². The van der Waals surface area contributed by atoms with Crippen molar-refractivity contribution >= 4 is 23.3 Å². The van der Waals surface area contributed by atoms with Crippen molar-refractivity contribution in [1.29, 1.82) is 0 Å². The molecule has 0 aliphatic rings. The number of hydrogen-bond acceptors (Lipinski definition) is 6. The number of nitro groups is 1. The lowest BCUT2D eigenvalue weighted by Gasteiger charge is -2.06. The third-order valence-corrected chi connectivity index (χ3v) is 3.09. The van der Waals surface area contributed by atoms with E-state index in [1.807, 2.05) is 18.4 Å². The largest absolute Gasteiger partial charge is 0.366 e. The Morgan fingerprint density at radius 3 is 2.95 bits per heavy atom. The Labute approximate surface area is 114 Å². The number of nitrogens with one attached hydrogen (secondary N) is 1. The number of aromatic nitrogens is 2. The maximum atomic E-state index is 10.7. The van der Waals surface area contributed by atoms with E-state index in [1.54, 1.807) is 12.1 Å². The Balaban J connectivity index is 2.05. The molecule has 0 unspecified atom stereocenters. The van der Waals surface area contributed by atoms with Crippen molar-refractivity contribution in [3.63, 3.8) is 0 Å². The smallest absolute Gasteiger partial charge is 0.269 e. The van der Waals surface area contributed by atoms with Gasteiger partial charge in [-0.05, 0) is 11.8 Å². The quantitative estimate of drug-likeness (QED) is 0.391. The second-order valence-electron chi connectivity index (χ2n) is 3.73. The van der Waals surface area contributed by atoms with Gasteiger partial charge in [0.15, 0.2) is 0 Å². The average Bonchev–Trinajstić information content (AvgIpc) is 2.45. The monoisotopic (exact) mass is 276 g/mol. The number of hydrogen-bond donors (Lipinski definition) is 1. The van der Waals surface area contributed by atoms with Gasteiger partial charge in [-0.2, -0.15) is 0 Å². The molecule has 0 radical (unpaired) electrons. The highest BCUT2D eigenvalue weighted by Gasteiger charge is 2.05. The summed E-state index contributed by atoms with van der Waals surface area (Å²) in [6, 6.07) is 8.35. The van der Waals surface area contributed by atoms with Crippen LogP contribution in [0.2, 0.25) is 0 Å². The fourth-order valence-corrected chi connectivity index (χ4v) is 1.90. The Morgan fingerprint density at radius 1 is 1.37 bits per heavy atom. The zero-order chi connectivity index (χ0) is 13.7. The third-order valence-electron chi connectivity index (χ3n) is 2.45. The Bertz CT molecular complexity index is 591. The minimum absolute atomic E-state index is 0.0896. The van der Waals surface area contributed by atoms with Crippen molar-refractivity contribution in [2.75, 3.05) is 11.6 Å². The van der Waals surface area contributed by atoms with Gasteiger partial charge < -0.3 is 5.32 Å². The number of nitro benzene ring substituents is 1. The van der Waals surface area contributed by atoms with Gasteiger partial charge in [0.2, 0.25) is 0 Å². The molecule has 0 aliphatic carbocycles. The fraction of sp³-hybridized carbons (Fsp3) is 0.167. The maximum absolute atomic E-state index is 10.7. The molecule has 1 N–H and O–H groups in total. The predicted molar refractivity (Wildman–Crippen MR) is 74.2 cm³/mol. The zero-order valence-electron chi connectivity index (χ0n) is 10.2. The van der Waals surface area contributed by atoms with E-state index in [4.69, 9.17) is 0 Å². The van der Waals surface area contributed by atoms with Gasteiger partial charge in [-0.3, -0.25) is 10.1 Å². The standard InChI is InChI=1S/C12H12N4O2S/c1-19-12-6-11(14-8-15-12)13-7-9-3-2-4-10(5-9)16(17)18/h2-6,8H,7H2,1H3,(H,13,14,15).